The second-order valence-corrected chi connectivity index (χ2v) is 5.61. The van der Waals surface area contributed by atoms with Gasteiger partial charge in [0.1, 0.15) is 5.69 Å². The Balaban J connectivity index is 2.10. The number of phenols is 2. The average Bonchev–Trinajstić information content (AvgIpc) is 3.05. The molecule has 146 valence electrons. The molecular formula is C15H9F3N4O6. The molecule has 1 aromatic carbocycles. The average molecular weight is 398 g/mol. The molecule has 0 atom stereocenters. The number of phenolic OH excluding ortho intramolecular Hbond substituents is 2. The monoisotopic (exact) mass is 398 g/mol. The van der Waals surface area contributed by atoms with E-state index < -0.39 is 39.5 Å². The van der Waals surface area contributed by atoms with Crippen LogP contribution in [0.25, 0.3) is 22.8 Å². The second-order valence-electron chi connectivity index (χ2n) is 5.61. The Morgan fingerprint density at radius 2 is 1.93 bits per heavy atom. The van der Waals surface area contributed by atoms with Crippen molar-refractivity contribution in [3.8, 4) is 34.3 Å². The summed E-state index contributed by atoms with van der Waals surface area (Å²) in [6.45, 7) is 1.24. The Kier molecular flexibility index (Phi) is 4.29. The van der Waals surface area contributed by atoms with E-state index in [2.05, 4.69) is 10.1 Å². The molecule has 0 saturated heterocycles. The quantitative estimate of drug-likeness (QED) is 0.345. The highest BCUT2D eigenvalue weighted by Crippen LogP contribution is 2.39. The van der Waals surface area contributed by atoms with E-state index in [0.717, 1.165) is 12.1 Å². The van der Waals surface area contributed by atoms with Crippen molar-refractivity contribution in [2.24, 2.45) is 0 Å². The fourth-order valence-electron chi connectivity index (χ4n) is 2.43. The zero-order valence-electron chi connectivity index (χ0n) is 13.7. The molecule has 0 saturated carbocycles. The van der Waals surface area contributed by atoms with Crippen LogP contribution in [-0.2, 0) is 6.18 Å². The van der Waals surface area contributed by atoms with Crippen LogP contribution in [0.15, 0.2) is 27.5 Å². The van der Waals surface area contributed by atoms with Crippen molar-refractivity contribution in [2.45, 2.75) is 13.1 Å². The standard InChI is InChI=1S/C15H9F3N4O6/c1-5-2-9(15(16,17)18)19-13(25)10(5)12-20-14(28-21-12)6-3-7(22(26)27)11(24)8(23)4-6/h2-4,23-24H,1H3,(H,19,25). The number of halogens is 3. The lowest BCUT2D eigenvalue weighted by Gasteiger charge is -2.08. The summed E-state index contributed by atoms with van der Waals surface area (Å²) >= 11 is 0. The second kappa shape index (κ2) is 6.37. The lowest BCUT2D eigenvalue weighted by Crippen LogP contribution is -2.19. The highest BCUT2D eigenvalue weighted by Gasteiger charge is 2.33. The maximum absolute atomic E-state index is 12.8. The minimum atomic E-state index is -4.76. The van der Waals surface area contributed by atoms with Crippen LogP contribution in [0.4, 0.5) is 18.9 Å². The Morgan fingerprint density at radius 3 is 2.50 bits per heavy atom. The summed E-state index contributed by atoms with van der Waals surface area (Å²) in [5, 5.41) is 33.5. The zero-order valence-corrected chi connectivity index (χ0v) is 13.7. The van der Waals surface area contributed by atoms with E-state index in [1.165, 1.54) is 6.92 Å². The molecule has 2 heterocycles. The van der Waals surface area contributed by atoms with Crippen LogP contribution in [0.1, 0.15) is 11.3 Å². The van der Waals surface area contributed by atoms with Crippen molar-refractivity contribution in [3.05, 3.63) is 49.9 Å². The van der Waals surface area contributed by atoms with Crippen LogP contribution >= 0.6 is 0 Å². The number of rotatable bonds is 3. The van der Waals surface area contributed by atoms with Crippen LogP contribution in [-0.4, -0.2) is 30.3 Å². The first-order valence-electron chi connectivity index (χ1n) is 7.35. The van der Waals surface area contributed by atoms with Crippen molar-refractivity contribution < 1.29 is 32.8 Å². The van der Waals surface area contributed by atoms with Gasteiger partial charge in [0.25, 0.3) is 11.4 Å². The van der Waals surface area contributed by atoms with Gasteiger partial charge in [0.05, 0.1) is 16.1 Å². The van der Waals surface area contributed by atoms with Gasteiger partial charge < -0.3 is 19.7 Å². The van der Waals surface area contributed by atoms with Crippen LogP contribution in [0, 0.1) is 17.0 Å². The summed E-state index contributed by atoms with van der Waals surface area (Å²) in [5.74, 6) is -2.53. The summed E-state index contributed by atoms with van der Waals surface area (Å²) in [4.78, 5) is 27.5. The van der Waals surface area contributed by atoms with Gasteiger partial charge in [0.15, 0.2) is 5.75 Å². The largest absolute Gasteiger partial charge is 0.504 e. The van der Waals surface area contributed by atoms with Crippen molar-refractivity contribution >= 4 is 5.69 Å². The number of nitrogens with zero attached hydrogens (tertiary/aromatic N) is 3. The Hall–Kier alpha value is -3.90. The van der Waals surface area contributed by atoms with Crippen LogP contribution in [0.3, 0.4) is 0 Å². The SMILES string of the molecule is Cc1cc(C(F)(F)F)[nH]c(=O)c1-c1noc(-c2cc(O)c(O)c([N+](=O)[O-])c2)n1. The number of nitro benzene ring substituents is 1. The van der Waals surface area contributed by atoms with Crippen LogP contribution in [0.5, 0.6) is 11.5 Å². The minimum absolute atomic E-state index is 0.0806. The third kappa shape index (κ3) is 3.24. The Bertz CT molecular complexity index is 1150. The highest BCUT2D eigenvalue weighted by atomic mass is 19.4. The summed E-state index contributed by atoms with van der Waals surface area (Å²) in [6.07, 6.45) is -4.76. The fourth-order valence-corrected chi connectivity index (χ4v) is 2.43. The Morgan fingerprint density at radius 1 is 1.25 bits per heavy atom. The number of hydrogen-bond donors (Lipinski definition) is 3. The van der Waals surface area contributed by atoms with Crippen molar-refractivity contribution in [1.82, 2.24) is 15.1 Å². The first-order chi connectivity index (χ1) is 13.0. The van der Waals surface area contributed by atoms with Gasteiger partial charge in [-0.2, -0.15) is 18.2 Å². The van der Waals surface area contributed by atoms with E-state index >= 15 is 0 Å². The fraction of sp³-hybridized carbons (Fsp3) is 0.133. The number of hydrogen-bond acceptors (Lipinski definition) is 8. The molecule has 0 radical (unpaired) electrons. The normalized spacial score (nSPS) is 11.6. The lowest BCUT2D eigenvalue weighted by atomic mass is 10.1. The summed E-state index contributed by atoms with van der Waals surface area (Å²) in [5.41, 5.74) is -3.72. The molecule has 13 heteroatoms. The number of aromatic nitrogens is 3. The molecule has 3 rings (SSSR count). The minimum Gasteiger partial charge on any atom is -0.504 e. The van der Waals surface area contributed by atoms with Crippen LogP contribution in [0.2, 0.25) is 0 Å². The van der Waals surface area contributed by atoms with E-state index in [0.29, 0.717) is 6.07 Å². The molecular weight excluding hydrogens is 389 g/mol. The zero-order chi connectivity index (χ0) is 20.8. The van der Waals surface area contributed by atoms with Crippen LogP contribution < -0.4 is 5.56 Å². The molecule has 0 unspecified atom stereocenters. The van der Waals surface area contributed by atoms with Gasteiger partial charge in [-0.15, -0.1) is 0 Å². The first kappa shape index (κ1) is 18.9. The van der Waals surface area contributed by atoms with Gasteiger partial charge in [-0.3, -0.25) is 14.9 Å². The van der Waals surface area contributed by atoms with E-state index in [-0.39, 0.29) is 28.4 Å². The molecule has 2 aromatic heterocycles. The number of aryl methyl sites for hydroxylation is 1. The van der Waals surface area contributed by atoms with Crippen molar-refractivity contribution in [3.63, 3.8) is 0 Å². The van der Waals surface area contributed by atoms with E-state index in [4.69, 9.17) is 4.52 Å². The van der Waals surface area contributed by atoms with Gasteiger partial charge in [-0.1, -0.05) is 5.16 Å². The predicted molar refractivity (Wildman–Crippen MR) is 85.5 cm³/mol. The maximum Gasteiger partial charge on any atom is 0.431 e. The molecule has 0 amide bonds. The third-order valence-corrected chi connectivity index (χ3v) is 3.70. The van der Waals surface area contributed by atoms with Gasteiger partial charge in [0, 0.05) is 6.07 Å². The highest BCUT2D eigenvalue weighted by molar-refractivity contribution is 5.69. The smallest absolute Gasteiger partial charge is 0.431 e. The molecule has 0 aliphatic carbocycles. The number of aromatic hydroxyl groups is 2. The molecule has 28 heavy (non-hydrogen) atoms. The molecule has 3 aromatic rings. The van der Waals surface area contributed by atoms with Gasteiger partial charge >= 0.3 is 11.9 Å². The lowest BCUT2D eigenvalue weighted by molar-refractivity contribution is -0.385. The van der Waals surface area contributed by atoms with E-state index in [1.54, 1.807) is 4.98 Å². The van der Waals surface area contributed by atoms with E-state index in [1.807, 2.05) is 0 Å². The molecule has 0 spiro atoms. The predicted octanol–water partition coefficient (Wildman–Crippen LogP) is 2.74. The molecule has 10 nitrogen and oxygen atoms in total. The van der Waals surface area contributed by atoms with Crippen molar-refractivity contribution in [2.75, 3.05) is 0 Å². The van der Waals surface area contributed by atoms with Crippen molar-refractivity contribution in [1.29, 1.82) is 0 Å². The number of aromatic amines is 1. The van der Waals surface area contributed by atoms with Gasteiger partial charge in [-0.25, -0.2) is 0 Å². The van der Waals surface area contributed by atoms with E-state index in [9.17, 15) is 38.3 Å². The van der Waals surface area contributed by atoms with Gasteiger partial charge in [-0.05, 0) is 24.6 Å². The molecule has 0 aliphatic rings. The molecule has 0 aliphatic heterocycles. The molecule has 3 N–H and O–H groups in total. The number of nitro groups is 1. The molecule has 0 fully saturated rings. The Labute approximate surface area is 152 Å². The van der Waals surface area contributed by atoms with Gasteiger partial charge in [0.2, 0.25) is 11.6 Å². The summed E-state index contributed by atoms with van der Waals surface area (Å²) in [6, 6.07) is 2.45. The number of nitrogens with one attached hydrogen (secondary N) is 1. The third-order valence-electron chi connectivity index (χ3n) is 3.70. The topological polar surface area (TPSA) is 155 Å². The molecule has 0 bridgehead atoms. The summed E-state index contributed by atoms with van der Waals surface area (Å²) < 4.78 is 43.2. The summed E-state index contributed by atoms with van der Waals surface area (Å²) in [7, 11) is 0. The number of benzene rings is 1. The number of pyridine rings is 1. The number of alkyl halides is 3. The first-order valence-corrected chi connectivity index (χ1v) is 7.35. The maximum atomic E-state index is 12.8. The number of H-pyrrole nitrogens is 1.